The van der Waals surface area contributed by atoms with Crippen LogP contribution in [0.25, 0.3) is 0 Å². The second-order valence-corrected chi connectivity index (χ2v) is 5.93. The standard InChI is InChI=1S/C16H24N2OS/c1-2-3-11-19-12-7-10-17-16-18-15(13-20-16)14-8-5-4-6-9-14/h4-6,8-9,15H,2-3,7,10-13H2,1H3,(H,17,18). The van der Waals surface area contributed by atoms with Gasteiger partial charge in [-0.3, -0.25) is 4.99 Å². The summed E-state index contributed by atoms with van der Waals surface area (Å²) in [5.74, 6) is 1.07. The van der Waals surface area contributed by atoms with E-state index in [4.69, 9.17) is 4.74 Å². The average molecular weight is 292 g/mol. The van der Waals surface area contributed by atoms with Gasteiger partial charge >= 0.3 is 0 Å². The number of nitrogens with zero attached hydrogens (tertiary/aromatic N) is 1. The SMILES string of the molecule is CCCCOCCCN=C1NC(c2ccccc2)CS1. The summed E-state index contributed by atoms with van der Waals surface area (Å²) >= 11 is 1.82. The monoisotopic (exact) mass is 292 g/mol. The highest BCUT2D eigenvalue weighted by Gasteiger charge is 2.21. The van der Waals surface area contributed by atoms with Crippen molar-refractivity contribution in [3.05, 3.63) is 35.9 Å². The van der Waals surface area contributed by atoms with Crippen LogP contribution in [0.5, 0.6) is 0 Å². The lowest BCUT2D eigenvalue weighted by molar-refractivity contribution is 0.130. The third-order valence-electron chi connectivity index (χ3n) is 3.23. The maximum atomic E-state index is 5.53. The molecular weight excluding hydrogens is 268 g/mol. The van der Waals surface area contributed by atoms with E-state index in [9.17, 15) is 0 Å². The van der Waals surface area contributed by atoms with Gasteiger partial charge in [0.25, 0.3) is 0 Å². The fourth-order valence-electron chi connectivity index (χ4n) is 2.05. The molecule has 1 aliphatic rings. The molecule has 0 radical (unpaired) electrons. The van der Waals surface area contributed by atoms with Gasteiger partial charge in [-0.15, -0.1) is 0 Å². The van der Waals surface area contributed by atoms with Crippen molar-refractivity contribution < 1.29 is 4.74 Å². The molecule has 4 heteroatoms. The van der Waals surface area contributed by atoms with E-state index in [1.54, 1.807) is 0 Å². The molecule has 1 aliphatic heterocycles. The number of thioether (sulfide) groups is 1. The zero-order valence-electron chi connectivity index (χ0n) is 12.2. The molecule has 0 saturated carbocycles. The van der Waals surface area contributed by atoms with E-state index in [-0.39, 0.29) is 0 Å². The quantitative estimate of drug-likeness (QED) is 0.743. The number of unbranched alkanes of at least 4 members (excludes halogenated alkanes) is 1. The van der Waals surface area contributed by atoms with Crippen molar-refractivity contribution in [3.63, 3.8) is 0 Å². The summed E-state index contributed by atoms with van der Waals surface area (Å²) in [4.78, 5) is 4.61. The van der Waals surface area contributed by atoms with Crippen LogP contribution in [0.1, 0.15) is 37.8 Å². The van der Waals surface area contributed by atoms with Crippen LogP contribution in [0.3, 0.4) is 0 Å². The molecule has 1 aromatic rings. The Balaban J connectivity index is 1.64. The molecule has 0 spiro atoms. The largest absolute Gasteiger partial charge is 0.381 e. The van der Waals surface area contributed by atoms with E-state index >= 15 is 0 Å². The minimum atomic E-state index is 0.403. The molecule has 0 aliphatic carbocycles. The van der Waals surface area contributed by atoms with Crippen LogP contribution in [0.15, 0.2) is 35.3 Å². The summed E-state index contributed by atoms with van der Waals surface area (Å²) in [7, 11) is 0. The van der Waals surface area contributed by atoms with Crippen molar-refractivity contribution in [1.29, 1.82) is 0 Å². The summed E-state index contributed by atoms with van der Waals surface area (Å²) in [6.07, 6.45) is 3.36. The van der Waals surface area contributed by atoms with Crippen molar-refractivity contribution >= 4 is 16.9 Å². The van der Waals surface area contributed by atoms with Gasteiger partial charge in [-0.05, 0) is 18.4 Å². The summed E-state index contributed by atoms with van der Waals surface area (Å²) in [5, 5.41) is 4.57. The molecular formula is C16H24N2OS. The van der Waals surface area contributed by atoms with Crippen LogP contribution in [0, 0.1) is 0 Å². The molecule has 20 heavy (non-hydrogen) atoms. The zero-order chi connectivity index (χ0) is 14.0. The van der Waals surface area contributed by atoms with Crippen molar-refractivity contribution in [2.45, 2.75) is 32.2 Å². The predicted octanol–water partition coefficient (Wildman–Crippen LogP) is 3.63. The second kappa shape index (κ2) is 9.03. The first-order valence-corrected chi connectivity index (χ1v) is 8.45. The molecule has 2 rings (SSSR count). The maximum Gasteiger partial charge on any atom is 0.157 e. The Morgan fingerprint density at radius 3 is 2.85 bits per heavy atom. The minimum absolute atomic E-state index is 0.403. The Labute approximate surface area is 126 Å². The van der Waals surface area contributed by atoms with E-state index in [0.29, 0.717) is 6.04 Å². The Hall–Kier alpha value is -1.00. The molecule has 3 nitrogen and oxygen atoms in total. The highest BCUT2D eigenvalue weighted by atomic mass is 32.2. The van der Waals surface area contributed by atoms with E-state index < -0.39 is 0 Å². The summed E-state index contributed by atoms with van der Waals surface area (Å²) in [5.41, 5.74) is 1.34. The van der Waals surface area contributed by atoms with E-state index in [1.165, 1.54) is 12.0 Å². The van der Waals surface area contributed by atoms with Crippen molar-refractivity contribution in [3.8, 4) is 0 Å². The normalized spacial score (nSPS) is 20.2. The fraction of sp³-hybridized carbons (Fsp3) is 0.562. The smallest absolute Gasteiger partial charge is 0.157 e. The van der Waals surface area contributed by atoms with Crippen LogP contribution in [0.2, 0.25) is 0 Å². The summed E-state index contributed by atoms with van der Waals surface area (Å²) in [6.45, 7) is 4.74. The van der Waals surface area contributed by atoms with Crippen LogP contribution < -0.4 is 5.32 Å². The van der Waals surface area contributed by atoms with E-state index in [1.807, 2.05) is 11.8 Å². The molecule has 1 saturated heterocycles. The number of hydrogen-bond donors (Lipinski definition) is 1. The van der Waals surface area contributed by atoms with Gasteiger partial charge in [-0.2, -0.15) is 0 Å². The van der Waals surface area contributed by atoms with Crippen LogP contribution >= 0.6 is 11.8 Å². The number of hydrogen-bond acceptors (Lipinski definition) is 3. The highest BCUT2D eigenvalue weighted by Crippen LogP contribution is 2.25. The molecule has 1 N–H and O–H groups in total. The van der Waals surface area contributed by atoms with Crippen molar-refractivity contribution in [2.24, 2.45) is 4.99 Å². The molecule has 1 fully saturated rings. The lowest BCUT2D eigenvalue weighted by Crippen LogP contribution is -2.19. The number of rotatable bonds is 8. The number of nitrogens with one attached hydrogen (secondary N) is 1. The molecule has 0 bridgehead atoms. The maximum absolute atomic E-state index is 5.53. The van der Waals surface area contributed by atoms with Gasteiger partial charge in [0.15, 0.2) is 5.17 Å². The van der Waals surface area contributed by atoms with E-state index in [2.05, 4.69) is 47.6 Å². The van der Waals surface area contributed by atoms with E-state index in [0.717, 1.165) is 43.5 Å². The Bertz CT molecular complexity index is 408. The lowest BCUT2D eigenvalue weighted by Gasteiger charge is -2.09. The topological polar surface area (TPSA) is 33.6 Å². The minimum Gasteiger partial charge on any atom is -0.381 e. The highest BCUT2D eigenvalue weighted by molar-refractivity contribution is 8.14. The first-order valence-electron chi connectivity index (χ1n) is 7.46. The number of benzene rings is 1. The molecule has 110 valence electrons. The Morgan fingerprint density at radius 1 is 1.25 bits per heavy atom. The Kier molecular flexibility index (Phi) is 6.95. The van der Waals surface area contributed by atoms with Gasteiger partial charge in [0, 0.05) is 25.5 Å². The molecule has 0 amide bonds. The number of aliphatic imine (C=N–C) groups is 1. The molecule has 1 aromatic carbocycles. The second-order valence-electron chi connectivity index (χ2n) is 4.92. The molecule has 1 unspecified atom stereocenters. The van der Waals surface area contributed by atoms with Crippen molar-refractivity contribution in [2.75, 3.05) is 25.5 Å². The van der Waals surface area contributed by atoms with Crippen molar-refractivity contribution in [1.82, 2.24) is 5.32 Å². The number of ether oxygens (including phenoxy) is 1. The van der Waals surface area contributed by atoms with Gasteiger partial charge in [-0.1, -0.05) is 55.4 Å². The molecule has 1 heterocycles. The zero-order valence-corrected chi connectivity index (χ0v) is 13.0. The Morgan fingerprint density at radius 2 is 2.05 bits per heavy atom. The average Bonchev–Trinajstić information content (AvgIpc) is 2.96. The van der Waals surface area contributed by atoms with Crippen LogP contribution in [-0.4, -0.2) is 30.7 Å². The van der Waals surface area contributed by atoms with Gasteiger partial charge in [-0.25, -0.2) is 0 Å². The first-order chi connectivity index (χ1) is 9.90. The third kappa shape index (κ3) is 5.17. The fourth-order valence-corrected chi connectivity index (χ4v) is 3.06. The first kappa shape index (κ1) is 15.4. The predicted molar refractivity (Wildman–Crippen MR) is 87.4 cm³/mol. The lowest BCUT2D eigenvalue weighted by atomic mass is 10.1. The summed E-state index contributed by atoms with van der Waals surface area (Å²) in [6, 6.07) is 11.0. The number of amidine groups is 1. The molecule has 1 atom stereocenters. The van der Waals surface area contributed by atoms with Crippen LogP contribution in [0.4, 0.5) is 0 Å². The van der Waals surface area contributed by atoms with Gasteiger partial charge in [0.05, 0.1) is 6.04 Å². The van der Waals surface area contributed by atoms with Gasteiger partial charge < -0.3 is 10.1 Å². The molecule has 0 aromatic heterocycles. The summed E-state index contributed by atoms with van der Waals surface area (Å²) < 4.78 is 5.53. The van der Waals surface area contributed by atoms with Crippen LogP contribution in [-0.2, 0) is 4.74 Å². The third-order valence-corrected chi connectivity index (χ3v) is 4.25. The van der Waals surface area contributed by atoms with Gasteiger partial charge in [0.1, 0.15) is 0 Å². The van der Waals surface area contributed by atoms with Gasteiger partial charge in [0.2, 0.25) is 0 Å².